The summed E-state index contributed by atoms with van der Waals surface area (Å²) in [6, 6.07) is 8.23. The van der Waals surface area contributed by atoms with Crippen molar-refractivity contribution >= 4 is 23.6 Å². The molecule has 1 aromatic carbocycles. The highest BCUT2D eigenvalue weighted by molar-refractivity contribution is 7.99. The molecule has 0 aromatic heterocycles. The van der Waals surface area contributed by atoms with Gasteiger partial charge in [0, 0.05) is 12.3 Å². The van der Waals surface area contributed by atoms with E-state index in [0.717, 1.165) is 12.2 Å². The molecule has 1 heterocycles. The maximum Gasteiger partial charge on any atom is 0.329 e. The number of thioether (sulfide) groups is 1. The molecule has 4 nitrogen and oxygen atoms in total. The number of nitrogens with zero attached hydrogens (tertiary/aromatic N) is 1. The molecule has 2 rings (SSSR count). The van der Waals surface area contributed by atoms with Gasteiger partial charge in [-0.05, 0) is 32.3 Å². The van der Waals surface area contributed by atoms with Crippen molar-refractivity contribution in [3.8, 4) is 0 Å². The largest absolute Gasteiger partial charge is 0.480 e. The van der Waals surface area contributed by atoms with E-state index in [1.807, 2.05) is 6.92 Å². The van der Waals surface area contributed by atoms with Gasteiger partial charge in [0.25, 0.3) is 0 Å². The number of carbonyl (C=O) groups excluding carboxylic acids is 1. The molecule has 1 amide bonds. The van der Waals surface area contributed by atoms with Crippen LogP contribution in [0.3, 0.4) is 0 Å². The first-order valence-electron chi connectivity index (χ1n) is 7.10. The van der Waals surface area contributed by atoms with E-state index < -0.39 is 11.5 Å². The van der Waals surface area contributed by atoms with Gasteiger partial charge in [-0.3, -0.25) is 4.79 Å². The SMILES string of the molecule is Cc1ccc(CSCC(=O)N2CCCC2(C)C(=O)O)cc1. The number of carboxylic acid groups (broad SMARTS) is 1. The van der Waals surface area contributed by atoms with Gasteiger partial charge < -0.3 is 10.0 Å². The minimum Gasteiger partial charge on any atom is -0.480 e. The highest BCUT2D eigenvalue weighted by Crippen LogP contribution is 2.30. The molecule has 1 N–H and O–H groups in total. The van der Waals surface area contributed by atoms with Gasteiger partial charge in [0.2, 0.25) is 5.91 Å². The van der Waals surface area contributed by atoms with Crippen LogP contribution in [0.15, 0.2) is 24.3 Å². The van der Waals surface area contributed by atoms with E-state index in [9.17, 15) is 14.7 Å². The van der Waals surface area contributed by atoms with Gasteiger partial charge in [-0.15, -0.1) is 11.8 Å². The molecule has 1 aromatic rings. The van der Waals surface area contributed by atoms with Crippen LogP contribution in [0.5, 0.6) is 0 Å². The Balaban J connectivity index is 1.87. The Morgan fingerprint density at radius 1 is 1.33 bits per heavy atom. The van der Waals surface area contributed by atoms with Crippen molar-refractivity contribution in [3.05, 3.63) is 35.4 Å². The molecule has 0 bridgehead atoms. The molecule has 0 saturated carbocycles. The molecule has 1 fully saturated rings. The van der Waals surface area contributed by atoms with Crippen LogP contribution in [0, 0.1) is 6.92 Å². The van der Waals surface area contributed by atoms with Crippen LogP contribution in [-0.2, 0) is 15.3 Å². The van der Waals surface area contributed by atoms with Gasteiger partial charge >= 0.3 is 5.97 Å². The number of carbonyl (C=O) groups is 2. The van der Waals surface area contributed by atoms with E-state index >= 15 is 0 Å². The second-order valence-electron chi connectivity index (χ2n) is 5.71. The normalized spacial score (nSPS) is 21.5. The van der Waals surface area contributed by atoms with E-state index in [1.54, 1.807) is 6.92 Å². The molecule has 114 valence electrons. The third kappa shape index (κ3) is 3.59. The monoisotopic (exact) mass is 307 g/mol. The Bertz CT molecular complexity index is 529. The zero-order valence-electron chi connectivity index (χ0n) is 12.5. The maximum absolute atomic E-state index is 12.3. The Hall–Kier alpha value is -1.49. The molecule has 1 atom stereocenters. The molecule has 0 aliphatic carbocycles. The minimum absolute atomic E-state index is 0.0745. The summed E-state index contributed by atoms with van der Waals surface area (Å²) in [6.07, 6.45) is 1.30. The second kappa shape index (κ2) is 6.52. The lowest BCUT2D eigenvalue weighted by molar-refractivity contribution is -0.154. The van der Waals surface area contributed by atoms with Gasteiger partial charge in [0.1, 0.15) is 5.54 Å². The summed E-state index contributed by atoms with van der Waals surface area (Å²) in [6.45, 7) is 4.23. The van der Waals surface area contributed by atoms with Crippen LogP contribution in [0.1, 0.15) is 30.9 Å². The molecule has 21 heavy (non-hydrogen) atoms. The number of hydrogen-bond acceptors (Lipinski definition) is 3. The first-order valence-corrected chi connectivity index (χ1v) is 8.26. The zero-order chi connectivity index (χ0) is 15.5. The summed E-state index contributed by atoms with van der Waals surface area (Å²) in [7, 11) is 0. The number of amides is 1. The van der Waals surface area contributed by atoms with E-state index in [4.69, 9.17) is 0 Å². The van der Waals surface area contributed by atoms with Crippen molar-refractivity contribution in [3.63, 3.8) is 0 Å². The van der Waals surface area contributed by atoms with Gasteiger partial charge in [0.05, 0.1) is 5.75 Å². The molecule has 1 unspecified atom stereocenters. The smallest absolute Gasteiger partial charge is 0.329 e. The van der Waals surface area contributed by atoms with E-state index in [-0.39, 0.29) is 5.91 Å². The number of hydrogen-bond donors (Lipinski definition) is 1. The number of benzene rings is 1. The number of aryl methyl sites for hydroxylation is 1. The predicted molar refractivity (Wildman–Crippen MR) is 84.3 cm³/mol. The molecule has 1 aliphatic heterocycles. The van der Waals surface area contributed by atoms with E-state index in [0.29, 0.717) is 18.7 Å². The lowest BCUT2D eigenvalue weighted by Crippen LogP contribution is -2.51. The fourth-order valence-corrected chi connectivity index (χ4v) is 3.46. The van der Waals surface area contributed by atoms with Crippen LogP contribution >= 0.6 is 11.8 Å². The van der Waals surface area contributed by atoms with E-state index in [2.05, 4.69) is 24.3 Å². The quantitative estimate of drug-likeness (QED) is 0.908. The number of rotatable bonds is 5. The predicted octanol–water partition coefficient (Wildman–Crippen LogP) is 2.69. The summed E-state index contributed by atoms with van der Waals surface area (Å²) in [5.41, 5.74) is 1.37. The third-order valence-corrected chi connectivity index (χ3v) is 5.01. The summed E-state index contributed by atoms with van der Waals surface area (Å²) < 4.78 is 0. The minimum atomic E-state index is -1.03. The van der Waals surface area contributed by atoms with Crippen LogP contribution < -0.4 is 0 Å². The molecule has 0 radical (unpaired) electrons. The van der Waals surface area contributed by atoms with Gasteiger partial charge in [-0.25, -0.2) is 4.79 Å². The zero-order valence-corrected chi connectivity index (χ0v) is 13.3. The second-order valence-corrected chi connectivity index (χ2v) is 6.69. The Morgan fingerprint density at radius 2 is 2.00 bits per heavy atom. The standard InChI is InChI=1S/C16H21NO3S/c1-12-4-6-13(7-5-12)10-21-11-14(18)17-9-3-8-16(17,2)15(19)20/h4-7H,3,8-11H2,1-2H3,(H,19,20). The molecule has 5 heteroatoms. The molecule has 0 spiro atoms. The first kappa shape index (κ1) is 15.9. The molecular formula is C16H21NO3S. The lowest BCUT2D eigenvalue weighted by Gasteiger charge is -2.31. The maximum atomic E-state index is 12.3. The van der Waals surface area contributed by atoms with Crippen LogP contribution in [-0.4, -0.2) is 39.7 Å². The van der Waals surface area contributed by atoms with Crippen molar-refractivity contribution in [1.29, 1.82) is 0 Å². The third-order valence-electron chi connectivity index (χ3n) is 4.02. The van der Waals surface area contributed by atoms with Gasteiger partial charge in [-0.2, -0.15) is 0 Å². The van der Waals surface area contributed by atoms with Crippen LogP contribution in [0.2, 0.25) is 0 Å². The molecule has 1 saturated heterocycles. The highest BCUT2D eigenvalue weighted by Gasteiger charge is 2.45. The van der Waals surface area contributed by atoms with Gasteiger partial charge in [-0.1, -0.05) is 29.8 Å². The molecule has 1 aliphatic rings. The van der Waals surface area contributed by atoms with Crippen LogP contribution in [0.25, 0.3) is 0 Å². The fourth-order valence-electron chi connectivity index (χ4n) is 2.60. The van der Waals surface area contributed by atoms with Gasteiger partial charge in [0.15, 0.2) is 0 Å². The van der Waals surface area contributed by atoms with Crippen molar-refractivity contribution in [1.82, 2.24) is 4.90 Å². The Kier molecular flexibility index (Phi) is 4.93. The van der Waals surface area contributed by atoms with E-state index in [1.165, 1.54) is 27.8 Å². The average Bonchev–Trinajstić information content (AvgIpc) is 2.84. The Labute approximate surface area is 129 Å². The Morgan fingerprint density at radius 3 is 2.62 bits per heavy atom. The summed E-state index contributed by atoms with van der Waals surface area (Å²) in [5.74, 6) is 0.117. The topological polar surface area (TPSA) is 57.6 Å². The first-order chi connectivity index (χ1) is 9.93. The number of aliphatic carboxylic acids is 1. The molecular weight excluding hydrogens is 286 g/mol. The number of carboxylic acids is 1. The van der Waals surface area contributed by atoms with Crippen molar-refractivity contribution in [2.24, 2.45) is 0 Å². The van der Waals surface area contributed by atoms with Crippen molar-refractivity contribution in [2.45, 2.75) is 38.0 Å². The van der Waals surface area contributed by atoms with Crippen molar-refractivity contribution < 1.29 is 14.7 Å². The summed E-state index contributed by atoms with van der Waals surface area (Å²) in [5, 5.41) is 9.32. The van der Waals surface area contributed by atoms with Crippen LogP contribution in [0.4, 0.5) is 0 Å². The number of likely N-dealkylation sites (tertiary alicyclic amines) is 1. The summed E-state index contributed by atoms with van der Waals surface area (Å²) >= 11 is 1.54. The fraction of sp³-hybridized carbons (Fsp3) is 0.500. The van der Waals surface area contributed by atoms with Crippen molar-refractivity contribution in [2.75, 3.05) is 12.3 Å². The lowest BCUT2D eigenvalue weighted by atomic mass is 9.99. The highest BCUT2D eigenvalue weighted by atomic mass is 32.2. The summed E-state index contributed by atoms with van der Waals surface area (Å²) in [4.78, 5) is 25.1. The average molecular weight is 307 g/mol.